The summed E-state index contributed by atoms with van der Waals surface area (Å²) in [6, 6.07) is 5.38. The van der Waals surface area contributed by atoms with Gasteiger partial charge in [-0.05, 0) is 44.9 Å². The van der Waals surface area contributed by atoms with Crippen LogP contribution in [0.3, 0.4) is 0 Å². The number of rotatable bonds is 4. The summed E-state index contributed by atoms with van der Waals surface area (Å²) in [5.41, 5.74) is 1.68. The van der Waals surface area contributed by atoms with Crippen molar-refractivity contribution in [1.82, 2.24) is 14.5 Å². The van der Waals surface area contributed by atoms with Crippen molar-refractivity contribution >= 4 is 22.6 Å². The lowest BCUT2D eigenvalue weighted by Gasteiger charge is -2.20. The van der Waals surface area contributed by atoms with E-state index in [0.717, 1.165) is 31.0 Å². The van der Waals surface area contributed by atoms with E-state index in [0.29, 0.717) is 23.4 Å². The molecule has 1 unspecified atom stereocenters. The minimum absolute atomic E-state index is 0.250. The molecule has 1 atom stereocenters. The molecule has 3 rings (SSSR count). The first-order valence-corrected chi connectivity index (χ1v) is 8.06. The summed E-state index contributed by atoms with van der Waals surface area (Å²) in [5.74, 6) is 1.55. The van der Waals surface area contributed by atoms with Gasteiger partial charge in [-0.15, -0.1) is 11.6 Å². The molecule has 3 nitrogen and oxygen atoms in total. The highest BCUT2D eigenvalue weighted by Crippen LogP contribution is 2.25. The number of benzene rings is 1. The number of aromatic nitrogens is 2. The minimum Gasteiger partial charge on any atom is -0.327 e. The van der Waals surface area contributed by atoms with Gasteiger partial charge in [0.1, 0.15) is 11.6 Å². The first kappa shape index (κ1) is 14.8. The van der Waals surface area contributed by atoms with Gasteiger partial charge in [0.15, 0.2) is 0 Å². The molecule has 1 fully saturated rings. The molecule has 2 heterocycles. The van der Waals surface area contributed by atoms with E-state index >= 15 is 0 Å². The fourth-order valence-electron chi connectivity index (χ4n) is 3.20. The maximum Gasteiger partial charge on any atom is 0.125 e. The Balaban J connectivity index is 1.86. The van der Waals surface area contributed by atoms with E-state index in [-0.39, 0.29) is 5.82 Å². The third-order valence-corrected chi connectivity index (χ3v) is 4.64. The summed E-state index contributed by atoms with van der Waals surface area (Å²) in [7, 11) is 0. The summed E-state index contributed by atoms with van der Waals surface area (Å²) in [4.78, 5) is 6.97. The van der Waals surface area contributed by atoms with Gasteiger partial charge in [0.25, 0.3) is 0 Å². The number of likely N-dealkylation sites (tertiary alicyclic amines) is 1. The van der Waals surface area contributed by atoms with Gasteiger partial charge in [0.05, 0.1) is 16.9 Å². The van der Waals surface area contributed by atoms with Crippen molar-refractivity contribution in [1.29, 1.82) is 0 Å². The summed E-state index contributed by atoms with van der Waals surface area (Å²) in [6.45, 7) is 7.65. The average molecular weight is 310 g/mol. The molecule has 1 aromatic heterocycles. The van der Waals surface area contributed by atoms with Gasteiger partial charge in [-0.2, -0.15) is 0 Å². The number of nitrogens with zero attached hydrogens (tertiary/aromatic N) is 3. The van der Waals surface area contributed by atoms with E-state index in [2.05, 4.69) is 28.3 Å². The standard InChI is InChI=1S/C16H21ClFN3/c1-11(2)20-6-5-12(9-20)10-21-15-4-3-13(18)7-14(15)19-16(21)8-17/h3-4,7,11-12H,5-6,8-10H2,1-2H3. The molecule has 1 aliphatic heterocycles. The SMILES string of the molecule is CC(C)N1CCC(Cn2c(CCl)nc3cc(F)ccc32)C1. The van der Waals surface area contributed by atoms with Gasteiger partial charge >= 0.3 is 0 Å². The van der Waals surface area contributed by atoms with Gasteiger partial charge in [-0.25, -0.2) is 9.37 Å². The van der Waals surface area contributed by atoms with Crippen molar-refractivity contribution in [2.75, 3.05) is 13.1 Å². The summed E-state index contributed by atoms with van der Waals surface area (Å²) in [6.07, 6.45) is 1.20. The zero-order valence-electron chi connectivity index (χ0n) is 12.5. The monoisotopic (exact) mass is 309 g/mol. The Morgan fingerprint density at radius 3 is 2.90 bits per heavy atom. The molecule has 0 N–H and O–H groups in total. The molecule has 21 heavy (non-hydrogen) atoms. The van der Waals surface area contributed by atoms with Crippen molar-refractivity contribution in [2.45, 2.75) is 38.7 Å². The number of imidazole rings is 1. The molecule has 1 saturated heterocycles. The van der Waals surface area contributed by atoms with Crippen LogP contribution in [0.5, 0.6) is 0 Å². The number of hydrogen-bond acceptors (Lipinski definition) is 2. The Morgan fingerprint density at radius 1 is 1.43 bits per heavy atom. The predicted molar refractivity (Wildman–Crippen MR) is 84.1 cm³/mol. The van der Waals surface area contributed by atoms with Crippen LogP contribution in [-0.2, 0) is 12.4 Å². The number of fused-ring (bicyclic) bond motifs is 1. The fourth-order valence-corrected chi connectivity index (χ4v) is 3.40. The largest absolute Gasteiger partial charge is 0.327 e. The summed E-state index contributed by atoms with van der Waals surface area (Å²) >= 11 is 6.02. The van der Waals surface area contributed by atoms with E-state index in [4.69, 9.17) is 11.6 Å². The van der Waals surface area contributed by atoms with E-state index in [1.165, 1.54) is 18.6 Å². The lowest BCUT2D eigenvalue weighted by Crippen LogP contribution is -2.28. The van der Waals surface area contributed by atoms with Gasteiger partial charge in [0, 0.05) is 25.2 Å². The molecule has 1 aromatic carbocycles. The van der Waals surface area contributed by atoms with Crippen molar-refractivity contribution in [3.05, 3.63) is 29.8 Å². The molecule has 114 valence electrons. The minimum atomic E-state index is -0.250. The second-order valence-corrected chi connectivity index (χ2v) is 6.42. The van der Waals surface area contributed by atoms with Gasteiger partial charge in [0.2, 0.25) is 0 Å². The Morgan fingerprint density at radius 2 is 2.24 bits per heavy atom. The Labute approximate surface area is 129 Å². The first-order valence-electron chi connectivity index (χ1n) is 7.53. The van der Waals surface area contributed by atoms with E-state index in [1.807, 2.05) is 6.07 Å². The molecule has 2 aromatic rings. The lowest BCUT2D eigenvalue weighted by molar-refractivity contribution is 0.261. The van der Waals surface area contributed by atoms with E-state index in [1.54, 1.807) is 0 Å². The molecule has 0 aliphatic carbocycles. The zero-order valence-corrected chi connectivity index (χ0v) is 13.3. The first-order chi connectivity index (χ1) is 10.1. The second-order valence-electron chi connectivity index (χ2n) is 6.15. The molecule has 1 aliphatic rings. The summed E-state index contributed by atoms with van der Waals surface area (Å²) in [5, 5.41) is 0. The van der Waals surface area contributed by atoms with Crippen molar-refractivity contribution < 1.29 is 4.39 Å². The van der Waals surface area contributed by atoms with Gasteiger partial charge in [-0.1, -0.05) is 0 Å². The topological polar surface area (TPSA) is 21.1 Å². The molecule has 0 bridgehead atoms. The summed E-state index contributed by atoms with van der Waals surface area (Å²) < 4.78 is 15.5. The highest BCUT2D eigenvalue weighted by atomic mass is 35.5. The van der Waals surface area contributed by atoms with Crippen molar-refractivity contribution in [3.8, 4) is 0 Å². The Hall–Kier alpha value is -1.13. The fraction of sp³-hybridized carbons (Fsp3) is 0.562. The van der Waals surface area contributed by atoms with Gasteiger partial charge in [-0.3, -0.25) is 0 Å². The molecule has 0 amide bonds. The average Bonchev–Trinajstić information content (AvgIpc) is 3.04. The lowest BCUT2D eigenvalue weighted by atomic mass is 10.1. The van der Waals surface area contributed by atoms with Crippen molar-refractivity contribution in [3.63, 3.8) is 0 Å². The molecule has 0 spiro atoms. The third kappa shape index (κ3) is 2.92. The van der Waals surface area contributed by atoms with Crippen molar-refractivity contribution in [2.24, 2.45) is 5.92 Å². The normalized spacial score (nSPS) is 20.0. The molecule has 0 radical (unpaired) electrons. The van der Waals surface area contributed by atoms with Crippen LogP contribution in [-0.4, -0.2) is 33.6 Å². The smallest absolute Gasteiger partial charge is 0.125 e. The Kier molecular flexibility index (Phi) is 4.18. The highest BCUT2D eigenvalue weighted by Gasteiger charge is 2.25. The zero-order chi connectivity index (χ0) is 15.0. The third-order valence-electron chi connectivity index (χ3n) is 4.40. The van der Waals surface area contributed by atoms with Crippen LogP contribution < -0.4 is 0 Å². The molecule has 0 saturated carbocycles. The number of hydrogen-bond donors (Lipinski definition) is 0. The highest BCUT2D eigenvalue weighted by molar-refractivity contribution is 6.16. The quantitative estimate of drug-likeness (QED) is 0.804. The van der Waals surface area contributed by atoms with Crippen LogP contribution >= 0.6 is 11.6 Å². The predicted octanol–water partition coefficient (Wildman–Crippen LogP) is 3.64. The number of halogens is 2. The molecule has 5 heteroatoms. The van der Waals surface area contributed by atoms with Crippen LogP contribution in [0.25, 0.3) is 11.0 Å². The van der Waals surface area contributed by atoms with Crippen LogP contribution in [0, 0.1) is 11.7 Å². The van der Waals surface area contributed by atoms with Crippen LogP contribution in [0.1, 0.15) is 26.1 Å². The van der Waals surface area contributed by atoms with Crippen LogP contribution in [0.15, 0.2) is 18.2 Å². The van der Waals surface area contributed by atoms with Crippen LogP contribution in [0.2, 0.25) is 0 Å². The molecular weight excluding hydrogens is 289 g/mol. The maximum atomic E-state index is 13.3. The van der Waals surface area contributed by atoms with E-state index < -0.39 is 0 Å². The molecular formula is C16H21ClFN3. The number of alkyl halides is 1. The maximum absolute atomic E-state index is 13.3. The Bertz CT molecular complexity index is 638. The van der Waals surface area contributed by atoms with E-state index in [9.17, 15) is 4.39 Å². The van der Waals surface area contributed by atoms with Crippen LogP contribution in [0.4, 0.5) is 4.39 Å². The second kappa shape index (κ2) is 5.93. The van der Waals surface area contributed by atoms with Gasteiger partial charge < -0.3 is 9.47 Å².